The summed E-state index contributed by atoms with van der Waals surface area (Å²) in [6.07, 6.45) is 1.18. The zero-order chi connectivity index (χ0) is 18.0. The molecule has 0 radical (unpaired) electrons. The number of aryl methyl sites for hydroxylation is 1. The maximum Gasteiger partial charge on any atom is 0.312 e. The molecular weight excluding hydrogens is 328 g/mol. The number of fused-ring (bicyclic) bond motifs is 1. The van der Waals surface area contributed by atoms with Gasteiger partial charge in [0.05, 0.1) is 11.8 Å². The second kappa shape index (κ2) is 7.01. The van der Waals surface area contributed by atoms with Crippen LogP contribution >= 0.6 is 0 Å². The van der Waals surface area contributed by atoms with Gasteiger partial charge in [-0.2, -0.15) is 0 Å². The van der Waals surface area contributed by atoms with Crippen molar-refractivity contribution in [1.82, 2.24) is 5.32 Å². The molecule has 0 spiro atoms. The summed E-state index contributed by atoms with van der Waals surface area (Å²) in [6.45, 7) is -0.0904. The molecule has 0 saturated carbocycles. The summed E-state index contributed by atoms with van der Waals surface area (Å²) in [7, 11) is 0. The van der Waals surface area contributed by atoms with Gasteiger partial charge in [-0.1, -0.05) is 18.2 Å². The van der Waals surface area contributed by atoms with E-state index < -0.39 is 23.6 Å². The third-order valence-electron chi connectivity index (χ3n) is 4.55. The Balaban J connectivity index is 1.69. The smallest absolute Gasteiger partial charge is 0.312 e. The summed E-state index contributed by atoms with van der Waals surface area (Å²) in [6, 6.07) is 9.53. The number of benzene rings is 2. The van der Waals surface area contributed by atoms with E-state index in [0.717, 1.165) is 11.1 Å². The van der Waals surface area contributed by atoms with Gasteiger partial charge >= 0.3 is 5.97 Å². The lowest BCUT2D eigenvalue weighted by Gasteiger charge is -2.17. The highest BCUT2D eigenvalue weighted by atomic mass is 19.1. The van der Waals surface area contributed by atoms with Crippen molar-refractivity contribution in [2.45, 2.75) is 24.7 Å². The molecule has 0 bridgehead atoms. The minimum Gasteiger partial charge on any atom is -0.481 e. The first-order valence-electron chi connectivity index (χ1n) is 8.00. The molecule has 0 heterocycles. The van der Waals surface area contributed by atoms with Crippen LogP contribution in [0.4, 0.5) is 8.78 Å². The molecule has 1 aliphatic rings. The average molecular weight is 345 g/mol. The van der Waals surface area contributed by atoms with Crippen molar-refractivity contribution in [2.24, 2.45) is 0 Å². The van der Waals surface area contributed by atoms with E-state index in [1.54, 1.807) is 6.07 Å². The number of rotatable bonds is 5. The molecule has 2 aromatic carbocycles. The van der Waals surface area contributed by atoms with Gasteiger partial charge in [-0.3, -0.25) is 9.59 Å². The van der Waals surface area contributed by atoms with Crippen molar-refractivity contribution in [2.75, 3.05) is 6.54 Å². The number of nitrogens with one attached hydrogen (secondary N) is 1. The number of aliphatic carboxylic acids is 1. The molecule has 2 unspecified atom stereocenters. The summed E-state index contributed by atoms with van der Waals surface area (Å²) in [5.74, 6) is -3.52. The Kier molecular flexibility index (Phi) is 4.79. The molecule has 2 atom stereocenters. The summed E-state index contributed by atoms with van der Waals surface area (Å²) in [5, 5.41) is 12.0. The van der Waals surface area contributed by atoms with Crippen molar-refractivity contribution < 1.29 is 23.5 Å². The number of carboxylic acids is 1. The average Bonchev–Trinajstić information content (AvgIpc) is 2.99. The van der Waals surface area contributed by atoms with Crippen LogP contribution in [0.1, 0.15) is 34.9 Å². The molecule has 3 rings (SSSR count). The zero-order valence-electron chi connectivity index (χ0n) is 13.3. The van der Waals surface area contributed by atoms with Gasteiger partial charge in [0.1, 0.15) is 11.6 Å². The van der Waals surface area contributed by atoms with Gasteiger partial charge in [0.15, 0.2) is 0 Å². The minimum atomic E-state index is -1.10. The van der Waals surface area contributed by atoms with Crippen molar-refractivity contribution in [1.29, 1.82) is 0 Å². The SMILES string of the molecule is O=C(O)C(CNC(=O)C1CCc2cc(F)ccc21)c1ccc(F)cc1. The number of carboxylic acid groups (broad SMARTS) is 1. The van der Waals surface area contributed by atoms with Crippen LogP contribution in [0.3, 0.4) is 0 Å². The molecule has 0 aliphatic heterocycles. The van der Waals surface area contributed by atoms with E-state index in [1.807, 2.05) is 0 Å². The minimum absolute atomic E-state index is 0.0904. The van der Waals surface area contributed by atoms with Gasteiger partial charge in [0, 0.05) is 6.54 Å². The molecule has 0 fully saturated rings. The molecule has 2 aromatic rings. The molecule has 4 nitrogen and oxygen atoms in total. The maximum atomic E-state index is 13.3. The summed E-state index contributed by atoms with van der Waals surface area (Å²) in [4.78, 5) is 23.9. The van der Waals surface area contributed by atoms with E-state index in [9.17, 15) is 23.5 Å². The lowest BCUT2D eigenvalue weighted by atomic mass is 9.97. The monoisotopic (exact) mass is 345 g/mol. The van der Waals surface area contributed by atoms with E-state index in [-0.39, 0.29) is 18.3 Å². The Labute approximate surface area is 143 Å². The Morgan fingerprint density at radius 2 is 1.80 bits per heavy atom. The number of carbonyl (C=O) groups excluding carboxylic acids is 1. The van der Waals surface area contributed by atoms with E-state index in [2.05, 4.69) is 5.32 Å². The first-order valence-corrected chi connectivity index (χ1v) is 8.00. The summed E-state index contributed by atoms with van der Waals surface area (Å²) in [5.41, 5.74) is 2.02. The molecule has 2 N–H and O–H groups in total. The predicted molar refractivity (Wildman–Crippen MR) is 87.2 cm³/mol. The van der Waals surface area contributed by atoms with Crippen LogP contribution in [0.25, 0.3) is 0 Å². The molecule has 0 aromatic heterocycles. The molecule has 0 saturated heterocycles. The van der Waals surface area contributed by atoms with Gasteiger partial charge < -0.3 is 10.4 Å². The predicted octanol–water partition coefficient (Wildman–Crippen LogP) is 2.98. The fourth-order valence-corrected chi connectivity index (χ4v) is 3.23. The zero-order valence-corrected chi connectivity index (χ0v) is 13.3. The fraction of sp³-hybridized carbons (Fsp3) is 0.263. The van der Waals surface area contributed by atoms with Crippen molar-refractivity contribution in [3.63, 3.8) is 0 Å². The Hall–Kier alpha value is -2.76. The Morgan fingerprint density at radius 3 is 2.48 bits per heavy atom. The van der Waals surface area contributed by atoms with Gasteiger partial charge in [-0.25, -0.2) is 8.78 Å². The number of hydrogen-bond acceptors (Lipinski definition) is 2. The fourth-order valence-electron chi connectivity index (χ4n) is 3.23. The molecule has 1 amide bonds. The van der Waals surface area contributed by atoms with Crippen molar-refractivity contribution in [3.8, 4) is 0 Å². The number of amides is 1. The van der Waals surface area contributed by atoms with Crippen molar-refractivity contribution in [3.05, 3.63) is 70.8 Å². The van der Waals surface area contributed by atoms with E-state index in [1.165, 1.54) is 36.4 Å². The van der Waals surface area contributed by atoms with Crippen LogP contribution < -0.4 is 5.32 Å². The second-order valence-corrected chi connectivity index (χ2v) is 6.12. The number of halogens is 2. The van der Waals surface area contributed by atoms with Gasteiger partial charge in [0.2, 0.25) is 5.91 Å². The van der Waals surface area contributed by atoms with Crippen LogP contribution in [0, 0.1) is 11.6 Å². The first kappa shape index (κ1) is 17.1. The number of hydrogen-bond donors (Lipinski definition) is 2. The summed E-state index contributed by atoms with van der Waals surface area (Å²) >= 11 is 0. The molecule has 6 heteroatoms. The molecule has 1 aliphatic carbocycles. The lowest BCUT2D eigenvalue weighted by Crippen LogP contribution is -2.34. The quantitative estimate of drug-likeness (QED) is 0.875. The van der Waals surface area contributed by atoms with E-state index in [0.29, 0.717) is 18.4 Å². The highest BCUT2D eigenvalue weighted by Gasteiger charge is 2.30. The van der Waals surface area contributed by atoms with Crippen LogP contribution in [-0.2, 0) is 16.0 Å². The van der Waals surface area contributed by atoms with E-state index >= 15 is 0 Å². The third-order valence-corrected chi connectivity index (χ3v) is 4.55. The Morgan fingerprint density at radius 1 is 1.12 bits per heavy atom. The first-order chi connectivity index (χ1) is 12.0. The van der Waals surface area contributed by atoms with Gasteiger partial charge in [-0.05, 0) is 53.8 Å². The van der Waals surface area contributed by atoms with Crippen LogP contribution in [0.2, 0.25) is 0 Å². The topological polar surface area (TPSA) is 66.4 Å². The van der Waals surface area contributed by atoms with Gasteiger partial charge in [0.25, 0.3) is 0 Å². The van der Waals surface area contributed by atoms with Crippen LogP contribution in [0.5, 0.6) is 0 Å². The second-order valence-electron chi connectivity index (χ2n) is 6.12. The normalized spacial score (nSPS) is 17.0. The third kappa shape index (κ3) is 3.68. The highest BCUT2D eigenvalue weighted by molar-refractivity contribution is 5.86. The van der Waals surface area contributed by atoms with E-state index in [4.69, 9.17) is 0 Å². The van der Waals surface area contributed by atoms with Gasteiger partial charge in [-0.15, -0.1) is 0 Å². The van der Waals surface area contributed by atoms with Crippen LogP contribution in [-0.4, -0.2) is 23.5 Å². The lowest BCUT2D eigenvalue weighted by molar-refractivity contribution is -0.138. The molecule has 25 heavy (non-hydrogen) atoms. The van der Waals surface area contributed by atoms with Crippen molar-refractivity contribution >= 4 is 11.9 Å². The van der Waals surface area contributed by atoms with Crippen LogP contribution in [0.15, 0.2) is 42.5 Å². The largest absolute Gasteiger partial charge is 0.481 e. The standard InChI is InChI=1S/C19H17F2NO3/c20-13-4-1-11(2-5-13)17(19(24)25)10-22-18(23)16-7-3-12-9-14(21)6-8-15(12)16/h1-2,4-6,8-9,16-17H,3,7,10H2,(H,22,23)(H,24,25). The highest BCUT2D eigenvalue weighted by Crippen LogP contribution is 2.33. The molecular formula is C19H17F2NO3. The molecule has 130 valence electrons. The Bertz CT molecular complexity index is 805. The summed E-state index contributed by atoms with van der Waals surface area (Å²) < 4.78 is 26.3. The number of carbonyl (C=O) groups is 2. The maximum absolute atomic E-state index is 13.3.